The SMILES string of the molecule is CC(C(=O)NCc1cc(C(C)(C)C)nn1-c1ccc(F)cc1)c1ccc(CO)c(F)c1. The van der Waals surface area contributed by atoms with Gasteiger partial charge in [0.15, 0.2) is 0 Å². The molecule has 5 nitrogen and oxygen atoms in total. The largest absolute Gasteiger partial charge is 0.392 e. The van der Waals surface area contributed by atoms with Crippen molar-refractivity contribution in [1.29, 1.82) is 0 Å². The number of nitrogens with zero attached hydrogens (tertiary/aromatic N) is 2. The zero-order chi connectivity index (χ0) is 22.8. The normalized spacial score (nSPS) is 12.6. The van der Waals surface area contributed by atoms with Crippen molar-refractivity contribution < 1.29 is 18.7 Å². The maximum atomic E-state index is 14.0. The van der Waals surface area contributed by atoms with E-state index in [2.05, 4.69) is 10.4 Å². The second-order valence-corrected chi connectivity index (χ2v) is 8.61. The fourth-order valence-electron chi connectivity index (χ4n) is 3.16. The van der Waals surface area contributed by atoms with Gasteiger partial charge in [-0.05, 0) is 48.9 Å². The van der Waals surface area contributed by atoms with E-state index >= 15 is 0 Å². The summed E-state index contributed by atoms with van der Waals surface area (Å²) in [7, 11) is 0. The van der Waals surface area contributed by atoms with Gasteiger partial charge < -0.3 is 10.4 Å². The molecule has 1 atom stereocenters. The van der Waals surface area contributed by atoms with Crippen molar-refractivity contribution >= 4 is 5.91 Å². The molecule has 0 aliphatic carbocycles. The van der Waals surface area contributed by atoms with Crippen molar-refractivity contribution in [3.8, 4) is 5.69 Å². The number of aliphatic hydroxyl groups is 1. The van der Waals surface area contributed by atoms with Crippen LogP contribution in [0.2, 0.25) is 0 Å². The molecule has 7 heteroatoms. The minimum absolute atomic E-state index is 0.189. The van der Waals surface area contributed by atoms with Crippen LogP contribution in [0.5, 0.6) is 0 Å². The van der Waals surface area contributed by atoms with Crippen molar-refractivity contribution in [3.63, 3.8) is 0 Å². The summed E-state index contributed by atoms with van der Waals surface area (Å²) in [6.07, 6.45) is 0. The number of hydrogen-bond acceptors (Lipinski definition) is 3. The fraction of sp³-hybridized carbons (Fsp3) is 0.333. The highest BCUT2D eigenvalue weighted by Crippen LogP contribution is 2.24. The molecule has 1 unspecified atom stereocenters. The molecule has 0 radical (unpaired) electrons. The smallest absolute Gasteiger partial charge is 0.227 e. The highest BCUT2D eigenvalue weighted by atomic mass is 19.1. The molecule has 31 heavy (non-hydrogen) atoms. The van der Waals surface area contributed by atoms with Crippen LogP contribution in [0.25, 0.3) is 5.69 Å². The van der Waals surface area contributed by atoms with Crippen molar-refractivity contribution in [2.24, 2.45) is 0 Å². The van der Waals surface area contributed by atoms with Crippen LogP contribution in [0, 0.1) is 11.6 Å². The van der Waals surface area contributed by atoms with Gasteiger partial charge in [0.2, 0.25) is 5.91 Å². The maximum Gasteiger partial charge on any atom is 0.227 e. The van der Waals surface area contributed by atoms with Gasteiger partial charge in [0.05, 0.1) is 36.1 Å². The Balaban J connectivity index is 1.81. The monoisotopic (exact) mass is 427 g/mol. The first kappa shape index (κ1) is 22.6. The van der Waals surface area contributed by atoms with Crippen molar-refractivity contribution in [1.82, 2.24) is 15.1 Å². The first-order valence-corrected chi connectivity index (χ1v) is 10.1. The molecule has 0 saturated carbocycles. The van der Waals surface area contributed by atoms with Crippen LogP contribution in [0.4, 0.5) is 8.78 Å². The molecule has 0 spiro atoms. The number of nitrogens with one attached hydrogen (secondary N) is 1. The number of carbonyl (C=O) groups excluding carboxylic acids is 1. The van der Waals surface area contributed by atoms with Gasteiger partial charge in [-0.3, -0.25) is 4.79 Å². The Morgan fingerprint density at radius 2 is 1.81 bits per heavy atom. The zero-order valence-electron chi connectivity index (χ0n) is 18.1. The summed E-state index contributed by atoms with van der Waals surface area (Å²) in [5.74, 6) is -1.72. The quantitative estimate of drug-likeness (QED) is 0.614. The zero-order valence-corrected chi connectivity index (χ0v) is 18.1. The van der Waals surface area contributed by atoms with Crippen molar-refractivity contribution in [2.45, 2.75) is 52.2 Å². The lowest BCUT2D eigenvalue weighted by Gasteiger charge is -2.14. The molecule has 1 aromatic heterocycles. The lowest BCUT2D eigenvalue weighted by molar-refractivity contribution is -0.122. The molecular formula is C24H27F2N3O2. The van der Waals surface area contributed by atoms with E-state index in [9.17, 15) is 13.6 Å². The Hall–Kier alpha value is -3.06. The van der Waals surface area contributed by atoms with E-state index in [0.29, 0.717) is 11.3 Å². The molecule has 3 aromatic rings. The van der Waals surface area contributed by atoms with Crippen LogP contribution in [0.15, 0.2) is 48.5 Å². The van der Waals surface area contributed by atoms with Gasteiger partial charge in [-0.1, -0.05) is 32.9 Å². The lowest BCUT2D eigenvalue weighted by atomic mass is 9.92. The molecule has 2 aromatic carbocycles. The molecule has 1 amide bonds. The molecule has 3 rings (SSSR count). The first-order chi connectivity index (χ1) is 14.6. The van der Waals surface area contributed by atoms with E-state index in [0.717, 1.165) is 11.4 Å². The average Bonchev–Trinajstić information content (AvgIpc) is 3.16. The van der Waals surface area contributed by atoms with Gasteiger partial charge in [-0.2, -0.15) is 5.10 Å². The van der Waals surface area contributed by atoms with Crippen molar-refractivity contribution in [3.05, 3.63) is 82.7 Å². The number of benzene rings is 2. The number of halogens is 2. The molecule has 0 aliphatic rings. The van der Waals surface area contributed by atoms with E-state index in [1.165, 1.54) is 24.3 Å². The molecule has 164 valence electrons. The summed E-state index contributed by atoms with van der Waals surface area (Å²) in [5, 5.41) is 16.7. The minimum Gasteiger partial charge on any atom is -0.392 e. The number of hydrogen-bond donors (Lipinski definition) is 2. The summed E-state index contributed by atoms with van der Waals surface area (Å²) in [6, 6.07) is 12.3. The Morgan fingerprint density at radius 1 is 1.13 bits per heavy atom. The number of amides is 1. The Kier molecular flexibility index (Phi) is 6.55. The summed E-state index contributed by atoms with van der Waals surface area (Å²) in [5.41, 5.74) is 2.79. The van der Waals surface area contributed by atoms with Crippen LogP contribution in [-0.4, -0.2) is 20.8 Å². The summed E-state index contributed by atoms with van der Waals surface area (Å²) in [6.45, 7) is 7.63. The van der Waals surface area contributed by atoms with Crippen LogP contribution >= 0.6 is 0 Å². The molecule has 0 fully saturated rings. The highest BCUT2D eigenvalue weighted by molar-refractivity contribution is 5.83. The topological polar surface area (TPSA) is 67.2 Å². The lowest BCUT2D eigenvalue weighted by Crippen LogP contribution is -2.28. The Bertz CT molecular complexity index is 1070. The van der Waals surface area contributed by atoms with Crippen LogP contribution in [0.1, 0.15) is 56.1 Å². The van der Waals surface area contributed by atoms with E-state index in [1.54, 1.807) is 29.8 Å². The first-order valence-electron chi connectivity index (χ1n) is 10.1. The summed E-state index contributed by atoms with van der Waals surface area (Å²) < 4.78 is 29.0. The minimum atomic E-state index is -0.577. The van der Waals surface area contributed by atoms with Crippen molar-refractivity contribution in [2.75, 3.05) is 0 Å². The van der Waals surface area contributed by atoms with E-state index in [1.807, 2.05) is 26.8 Å². The van der Waals surface area contributed by atoms with Gasteiger partial charge in [0.1, 0.15) is 11.6 Å². The number of carbonyl (C=O) groups is 1. The highest BCUT2D eigenvalue weighted by Gasteiger charge is 2.22. The number of aromatic nitrogens is 2. The van der Waals surface area contributed by atoms with Gasteiger partial charge in [-0.25, -0.2) is 13.5 Å². The standard InChI is InChI=1S/C24H27F2N3O2/c1-15(16-5-6-17(14-30)21(26)11-16)23(31)27-13-20-12-22(24(2,3)4)28-29(20)19-9-7-18(25)8-10-19/h5-12,15,30H,13-14H2,1-4H3,(H,27,31). The predicted molar refractivity (Wildman–Crippen MR) is 115 cm³/mol. The van der Waals surface area contributed by atoms with Crippen LogP contribution in [-0.2, 0) is 23.4 Å². The predicted octanol–water partition coefficient (Wildman–Crippen LogP) is 4.36. The van der Waals surface area contributed by atoms with E-state index in [-0.39, 0.29) is 29.2 Å². The fourth-order valence-corrected chi connectivity index (χ4v) is 3.16. The third-order valence-electron chi connectivity index (χ3n) is 5.21. The number of aliphatic hydroxyl groups excluding tert-OH is 1. The van der Waals surface area contributed by atoms with Crippen LogP contribution in [0.3, 0.4) is 0 Å². The van der Waals surface area contributed by atoms with Gasteiger partial charge in [-0.15, -0.1) is 0 Å². The Labute approximate surface area is 180 Å². The van der Waals surface area contributed by atoms with Crippen LogP contribution < -0.4 is 5.32 Å². The third kappa shape index (κ3) is 5.17. The van der Waals surface area contributed by atoms with E-state index < -0.39 is 18.3 Å². The second kappa shape index (κ2) is 8.98. The van der Waals surface area contributed by atoms with Gasteiger partial charge in [0.25, 0.3) is 0 Å². The second-order valence-electron chi connectivity index (χ2n) is 8.61. The molecular weight excluding hydrogens is 400 g/mol. The molecule has 0 aliphatic heterocycles. The Morgan fingerprint density at radius 3 is 2.39 bits per heavy atom. The average molecular weight is 427 g/mol. The van der Waals surface area contributed by atoms with Gasteiger partial charge >= 0.3 is 0 Å². The molecule has 0 bridgehead atoms. The number of rotatable bonds is 6. The third-order valence-corrected chi connectivity index (χ3v) is 5.21. The molecule has 2 N–H and O–H groups in total. The molecule has 0 saturated heterocycles. The maximum absolute atomic E-state index is 14.0. The van der Waals surface area contributed by atoms with Gasteiger partial charge in [0, 0.05) is 11.0 Å². The van der Waals surface area contributed by atoms with E-state index in [4.69, 9.17) is 5.11 Å². The molecule has 1 heterocycles. The summed E-state index contributed by atoms with van der Waals surface area (Å²) >= 11 is 0. The summed E-state index contributed by atoms with van der Waals surface area (Å²) in [4.78, 5) is 12.7.